The minimum Gasteiger partial charge on any atom is -0.447 e. The molecule has 1 unspecified atom stereocenters. The predicted octanol–water partition coefficient (Wildman–Crippen LogP) is 1.76. The van der Waals surface area contributed by atoms with Crippen molar-refractivity contribution in [1.82, 2.24) is 4.90 Å². The summed E-state index contributed by atoms with van der Waals surface area (Å²) in [6.45, 7) is 7.99. The molecule has 0 radical (unpaired) electrons. The van der Waals surface area contributed by atoms with Gasteiger partial charge in [0.2, 0.25) is 0 Å². The smallest absolute Gasteiger partial charge is 0.414 e. The summed E-state index contributed by atoms with van der Waals surface area (Å²) in [6, 6.07) is 0.131. The van der Waals surface area contributed by atoms with Crippen molar-refractivity contribution >= 4 is 6.09 Å². The number of cyclic esters (lactones) is 1. The van der Waals surface area contributed by atoms with E-state index in [1.54, 1.807) is 6.20 Å². The van der Waals surface area contributed by atoms with Crippen molar-refractivity contribution in [1.29, 1.82) is 0 Å². The minimum atomic E-state index is -0.301. The van der Waals surface area contributed by atoms with Crippen molar-refractivity contribution in [2.45, 2.75) is 19.9 Å². The number of ether oxygens (including phenoxy) is 1. The van der Waals surface area contributed by atoms with Gasteiger partial charge in [-0.1, -0.05) is 20.4 Å². The second-order valence-corrected chi connectivity index (χ2v) is 3.13. The molecule has 1 fully saturated rings. The highest BCUT2D eigenvalue weighted by atomic mass is 16.6. The van der Waals surface area contributed by atoms with Crippen molar-refractivity contribution in [2.75, 3.05) is 6.61 Å². The molecule has 1 aliphatic rings. The van der Waals surface area contributed by atoms with Crippen LogP contribution in [0.2, 0.25) is 0 Å². The standard InChI is InChI=1S/C9H13NO2/c1-4-5-10-8(7(2)3)6-12-9(10)11/h5,7-8H,1,6H2,2-3H3. The van der Waals surface area contributed by atoms with E-state index in [1.807, 2.05) is 0 Å². The Kier molecular flexibility index (Phi) is 2.56. The highest BCUT2D eigenvalue weighted by Crippen LogP contribution is 2.19. The first-order valence-corrected chi connectivity index (χ1v) is 3.98. The molecule has 0 aromatic rings. The summed E-state index contributed by atoms with van der Waals surface area (Å²) in [5, 5.41) is 0. The lowest BCUT2D eigenvalue weighted by Crippen LogP contribution is -2.32. The summed E-state index contributed by atoms with van der Waals surface area (Å²) < 4.78 is 4.88. The molecule has 3 nitrogen and oxygen atoms in total. The molecule has 1 heterocycles. The van der Waals surface area contributed by atoms with Crippen molar-refractivity contribution in [3.63, 3.8) is 0 Å². The van der Waals surface area contributed by atoms with E-state index in [2.05, 4.69) is 26.2 Å². The zero-order chi connectivity index (χ0) is 9.14. The maximum Gasteiger partial charge on any atom is 0.414 e. The van der Waals surface area contributed by atoms with Crippen LogP contribution >= 0.6 is 0 Å². The van der Waals surface area contributed by atoms with E-state index in [4.69, 9.17) is 4.74 Å². The van der Waals surface area contributed by atoms with E-state index in [1.165, 1.54) is 4.90 Å². The van der Waals surface area contributed by atoms with E-state index in [-0.39, 0.29) is 12.1 Å². The maximum absolute atomic E-state index is 11.1. The van der Waals surface area contributed by atoms with Crippen molar-refractivity contribution < 1.29 is 9.53 Å². The molecule has 0 bridgehead atoms. The molecule has 12 heavy (non-hydrogen) atoms. The number of carbonyl (C=O) groups is 1. The Morgan fingerprint density at radius 3 is 3.00 bits per heavy atom. The van der Waals surface area contributed by atoms with Crippen LogP contribution in [0.15, 0.2) is 18.5 Å². The van der Waals surface area contributed by atoms with Crippen LogP contribution in [0.1, 0.15) is 13.8 Å². The first-order chi connectivity index (χ1) is 5.66. The molecule has 0 saturated carbocycles. The van der Waals surface area contributed by atoms with Gasteiger partial charge < -0.3 is 4.74 Å². The minimum absolute atomic E-state index is 0.131. The molecular weight excluding hydrogens is 154 g/mol. The molecule has 0 aromatic heterocycles. The van der Waals surface area contributed by atoms with Crippen LogP contribution in [-0.2, 0) is 4.74 Å². The molecular formula is C9H13NO2. The Hall–Kier alpha value is -1.21. The van der Waals surface area contributed by atoms with Crippen LogP contribution in [0.3, 0.4) is 0 Å². The first kappa shape index (κ1) is 8.88. The number of nitrogens with zero attached hydrogens (tertiary/aromatic N) is 1. The van der Waals surface area contributed by atoms with Crippen LogP contribution < -0.4 is 0 Å². The lowest BCUT2D eigenvalue weighted by molar-refractivity contribution is 0.166. The molecule has 0 spiro atoms. The molecule has 1 atom stereocenters. The fourth-order valence-corrected chi connectivity index (χ4v) is 1.21. The van der Waals surface area contributed by atoms with Gasteiger partial charge in [0.1, 0.15) is 6.61 Å². The molecule has 3 heteroatoms. The summed E-state index contributed by atoms with van der Waals surface area (Å²) in [7, 11) is 0. The van der Waals surface area contributed by atoms with Gasteiger partial charge in [0.05, 0.1) is 12.2 Å². The number of amides is 1. The highest BCUT2D eigenvalue weighted by molar-refractivity contribution is 5.71. The van der Waals surface area contributed by atoms with E-state index in [9.17, 15) is 4.79 Å². The number of rotatable bonds is 2. The summed E-state index contributed by atoms with van der Waals surface area (Å²) >= 11 is 0. The molecule has 1 rings (SSSR count). The molecule has 1 saturated heterocycles. The third kappa shape index (κ3) is 1.51. The van der Waals surface area contributed by atoms with Crippen LogP contribution in [0.25, 0.3) is 0 Å². The Labute approximate surface area is 72.3 Å². The van der Waals surface area contributed by atoms with Gasteiger partial charge in [-0.2, -0.15) is 0 Å². The first-order valence-electron chi connectivity index (χ1n) is 3.98. The average Bonchev–Trinajstić information content (AvgIpc) is 2.34. The molecule has 0 N–H and O–H groups in total. The fraction of sp³-hybridized carbons (Fsp3) is 0.556. The van der Waals surface area contributed by atoms with Crippen molar-refractivity contribution in [3.8, 4) is 0 Å². The van der Waals surface area contributed by atoms with Gasteiger partial charge in [-0.15, -0.1) is 5.73 Å². The highest BCUT2D eigenvalue weighted by Gasteiger charge is 2.33. The third-order valence-corrected chi connectivity index (χ3v) is 1.95. The Balaban J connectivity index is 2.76. The van der Waals surface area contributed by atoms with Gasteiger partial charge in [0, 0.05) is 0 Å². The molecule has 0 aliphatic carbocycles. The molecule has 66 valence electrons. The van der Waals surface area contributed by atoms with Crippen LogP contribution in [0.4, 0.5) is 4.79 Å². The molecule has 0 aromatic carbocycles. The number of hydrogen-bond acceptors (Lipinski definition) is 2. The van der Waals surface area contributed by atoms with Crippen molar-refractivity contribution in [2.24, 2.45) is 5.92 Å². The van der Waals surface area contributed by atoms with Gasteiger partial charge in [0.15, 0.2) is 0 Å². The lowest BCUT2D eigenvalue weighted by Gasteiger charge is -2.19. The second-order valence-electron chi connectivity index (χ2n) is 3.13. The van der Waals surface area contributed by atoms with Gasteiger partial charge in [-0.05, 0) is 5.92 Å². The Bertz CT molecular complexity index is 229. The maximum atomic E-state index is 11.1. The monoisotopic (exact) mass is 167 g/mol. The molecule has 1 aliphatic heterocycles. The normalized spacial score (nSPS) is 22.4. The molecule has 1 amide bonds. The quantitative estimate of drug-likeness (QED) is 0.586. The summed E-state index contributed by atoms with van der Waals surface area (Å²) in [5.41, 5.74) is 2.58. The summed E-state index contributed by atoms with van der Waals surface area (Å²) in [5.74, 6) is 0.390. The van der Waals surface area contributed by atoms with Gasteiger partial charge in [-0.3, -0.25) is 4.90 Å². The SMILES string of the molecule is C=C=CN1C(=O)OCC1C(C)C. The van der Waals surface area contributed by atoms with Crippen LogP contribution in [0.5, 0.6) is 0 Å². The fourth-order valence-electron chi connectivity index (χ4n) is 1.21. The van der Waals surface area contributed by atoms with Crippen LogP contribution in [-0.4, -0.2) is 23.6 Å². The second kappa shape index (κ2) is 3.46. The zero-order valence-electron chi connectivity index (χ0n) is 7.41. The Morgan fingerprint density at radius 2 is 2.50 bits per heavy atom. The summed E-state index contributed by atoms with van der Waals surface area (Å²) in [4.78, 5) is 12.6. The Morgan fingerprint density at radius 1 is 1.83 bits per heavy atom. The average molecular weight is 167 g/mol. The van der Waals surface area contributed by atoms with E-state index >= 15 is 0 Å². The predicted molar refractivity (Wildman–Crippen MR) is 45.5 cm³/mol. The number of hydrogen-bond donors (Lipinski definition) is 0. The largest absolute Gasteiger partial charge is 0.447 e. The van der Waals surface area contributed by atoms with Crippen LogP contribution in [0, 0.1) is 5.92 Å². The van der Waals surface area contributed by atoms with E-state index in [0.29, 0.717) is 12.5 Å². The topological polar surface area (TPSA) is 29.5 Å². The van der Waals surface area contributed by atoms with Gasteiger partial charge in [0.25, 0.3) is 0 Å². The van der Waals surface area contributed by atoms with Gasteiger partial charge >= 0.3 is 6.09 Å². The lowest BCUT2D eigenvalue weighted by atomic mass is 10.1. The van der Waals surface area contributed by atoms with Gasteiger partial charge in [-0.25, -0.2) is 4.79 Å². The van der Waals surface area contributed by atoms with E-state index < -0.39 is 0 Å². The van der Waals surface area contributed by atoms with E-state index in [0.717, 1.165) is 0 Å². The number of carbonyl (C=O) groups excluding carboxylic acids is 1. The van der Waals surface area contributed by atoms with Crippen molar-refractivity contribution in [3.05, 3.63) is 18.5 Å². The summed E-state index contributed by atoms with van der Waals surface area (Å²) in [6.07, 6.45) is 1.24. The third-order valence-electron chi connectivity index (χ3n) is 1.95. The zero-order valence-corrected chi connectivity index (χ0v) is 7.41.